The molecule has 1 saturated heterocycles. The summed E-state index contributed by atoms with van der Waals surface area (Å²) >= 11 is 0. The summed E-state index contributed by atoms with van der Waals surface area (Å²) in [7, 11) is 0. The minimum absolute atomic E-state index is 0.297. The maximum absolute atomic E-state index is 4.21. The van der Waals surface area contributed by atoms with Crippen molar-refractivity contribution in [2.24, 2.45) is 11.8 Å². The minimum Gasteiger partial charge on any atom is -0.354 e. The van der Waals surface area contributed by atoms with Gasteiger partial charge in [-0.3, -0.25) is 9.88 Å². The number of piperidine rings is 1. The summed E-state index contributed by atoms with van der Waals surface area (Å²) in [6.07, 6.45) is 9.10. The fraction of sp³-hybridized carbons (Fsp3) is 0.522. The molecule has 0 radical (unpaired) electrons. The Morgan fingerprint density at radius 1 is 1.23 bits per heavy atom. The van der Waals surface area contributed by atoms with Crippen LogP contribution in [0.25, 0.3) is 0 Å². The molecule has 0 spiro atoms. The quantitative estimate of drug-likeness (QED) is 0.864. The molecule has 2 aromatic rings. The Hall–Kier alpha value is -1.87. The zero-order valence-electron chi connectivity index (χ0n) is 15.9. The maximum Gasteiger partial charge on any atom is 0.0570 e. The predicted molar refractivity (Wildman–Crippen MR) is 107 cm³/mol. The van der Waals surface area contributed by atoms with Crippen molar-refractivity contribution in [3.8, 4) is 0 Å². The van der Waals surface area contributed by atoms with Crippen LogP contribution in [0.3, 0.4) is 0 Å². The van der Waals surface area contributed by atoms with Crippen LogP contribution in [0.1, 0.15) is 44.2 Å². The van der Waals surface area contributed by atoms with Crippen LogP contribution in [0, 0.1) is 11.8 Å². The predicted octanol–water partition coefficient (Wildman–Crippen LogP) is 4.76. The van der Waals surface area contributed by atoms with Gasteiger partial charge in [-0.1, -0.05) is 19.9 Å². The highest BCUT2D eigenvalue weighted by Gasteiger charge is 2.48. The smallest absolute Gasteiger partial charge is 0.0570 e. The van der Waals surface area contributed by atoms with Gasteiger partial charge in [0.25, 0.3) is 0 Å². The van der Waals surface area contributed by atoms with E-state index in [1.54, 1.807) is 11.1 Å². The molecular formula is C23H29N3. The average molecular weight is 348 g/mol. The van der Waals surface area contributed by atoms with Crippen molar-refractivity contribution in [3.63, 3.8) is 0 Å². The molecule has 3 aliphatic rings. The van der Waals surface area contributed by atoms with Gasteiger partial charge in [-0.15, -0.1) is 0 Å². The van der Waals surface area contributed by atoms with E-state index in [0.29, 0.717) is 5.41 Å². The highest BCUT2D eigenvalue weighted by atomic mass is 15.2. The Bertz CT molecular complexity index is 798. The Morgan fingerprint density at radius 3 is 2.88 bits per heavy atom. The molecule has 1 aliphatic heterocycles. The summed E-state index contributed by atoms with van der Waals surface area (Å²) in [5.41, 5.74) is 5.67. The van der Waals surface area contributed by atoms with Gasteiger partial charge in [0.2, 0.25) is 0 Å². The lowest BCUT2D eigenvalue weighted by molar-refractivity contribution is 0.0284. The lowest BCUT2D eigenvalue weighted by Crippen LogP contribution is -2.58. The molecule has 1 saturated carbocycles. The van der Waals surface area contributed by atoms with E-state index in [2.05, 4.69) is 53.3 Å². The highest BCUT2D eigenvalue weighted by Crippen LogP contribution is 2.50. The third kappa shape index (κ3) is 2.73. The first-order valence-electron chi connectivity index (χ1n) is 10.2. The molecule has 0 unspecified atom stereocenters. The van der Waals surface area contributed by atoms with Crippen LogP contribution >= 0.6 is 0 Å². The van der Waals surface area contributed by atoms with Crippen molar-refractivity contribution in [2.75, 3.05) is 18.4 Å². The van der Waals surface area contributed by atoms with Gasteiger partial charge >= 0.3 is 0 Å². The second kappa shape index (κ2) is 6.09. The molecule has 0 amide bonds. The number of hydrogen-bond donors (Lipinski definition) is 1. The summed E-state index contributed by atoms with van der Waals surface area (Å²) in [4.78, 5) is 7.03. The lowest BCUT2D eigenvalue weighted by Gasteiger charge is -2.55. The number of anilines is 2. The molecule has 2 heterocycles. The van der Waals surface area contributed by atoms with E-state index >= 15 is 0 Å². The fourth-order valence-corrected chi connectivity index (χ4v) is 5.25. The Labute approximate surface area is 156 Å². The van der Waals surface area contributed by atoms with Crippen LogP contribution in [0.5, 0.6) is 0 Å². The second-order valence-electron chi connectivity index (χ2n) is 8.90. The Kier molecular flexibility index (Phi) is 3.82. The van der Waals surface area contributed by atoms with Crippen molar-refractivity contribution in [1.82, 2.24) is 9.88 Å². The Morgan fingerprint density at radius 2 is 2.12 bits per heavy atom. The van der Waals surface area contributed by atoms with Crippen molar-refractivity contribution in [1.29, 1.82) is 0 Å². The maximum atomic E-state index is 4.21. The van der Waals surface area contributed by atoms with Crippen LogP contribution in [0.15, 0.2) is 42.7 Å². The van der Waals surface area contributed by atoms with Crippen LogP contribution < -0.4 is 5.32 Å². The van der Waals surface area contributed by atoms with Gasteiger partial charge in [0, 0.05) is 24.5 Å². The standard InChI is InChI=1S/C23H29N3/c1-16-22-12-18-7-8-19(25-20-4-3-10-24-14-20)13-21(18)23(16,2)9-11-26(22)15-17-5-6-17/h3-4,7-8,10,13-14,16-17,22,25H,5-6,9,11-12,15H2,1-2H3/t16-,22+,23+/m0/s1. The summed E-state index contributed by atoms with van der Waals surface area (Å²) in [6.45, 7) is 7.60. The number of nitrogens with zero attached hydrogens (tertiary/aromatic N) is 2. The molecule has 26 heavy (non-hydrogen) atoms. The van der Waals surface area contributed by atoms with Crippen molar-refractivity contribution >= 4 is 11.4 Å². The van der Waals surface area contributed by atoms with Crippen LogP contribution in [0.2, 0.25) is 0 Å². The number of aromatic nitrogens is 1. The first-order chi connectivity index (χ1) is 12.6. The normalized spacial score (nSPS) is 30.7. The lowest BCUT2D eigenvalue weighted by atomic mass is 9.59. The van der Waals surface area contributed by atoms with E-state index in [1.807, 2.05) is 18.5 Å². The monoisotopic (exact) mass is 347 g/mol. The number of hydrogen-bond acceptors (Lipinski definition) is 3. The molecule has 5 rings (SSSR count). The largest absolute Gasteiger partial charge is 0.354 e. The number of fused-ring (bicyclic) bond motifs is 4. The molecule has 3 nitrogen and oxygen atoms in total. The van der Waals surface area contributed by atoms with E-state index in [1.165, 1.54) is 44.5 Å². The van der Waals surface area contributed by atoms with Crippen molar-refractivity contribution in [2.45, 2.75) is 51.0 Å². The summed E-state index contributed by atoms with van der Waals surface area (Å²) < 4.78 is 0. The van der Waals surface area contributed by atoms with Gasteiger partial charge in [-0.2, -0.15) is 0 Å². The summed E-state index contributed by atoms with van der Waals surface area (Å²) in [6, 6.07) is 11.8. The molecule has 2 fully saturated rings. The number of benzene rings is 1. The van der Waals surface area contributed by atoms with E-state index < -0.39 is 0 Å². The van der Waals surface area contributed by atoms with E-state index in [-0.39, 0.29) is 0 Å². The first-order valence-corrected chi connectivity index (χ1v) is 10.2. The first kappa shape index (κ1) is 16.3. The number of pyridine rings is 1. The molecule has 3 atom stereocenters. The van der Waals surface area contributed by atoms with Gasteiger partial charge < -0.3 is 5.32 Å². The zero-order chi connectivity index (χ0) is 17.7. The molecular weight excluding hydrogens is 318 g/mol. The Balaban J connectivity index is 1.45. The molecule has 2 bridgehead atoms. The molecule has 1 aromatic carbocycles. The minimum atomic E-state index is 0.297. The third-order valence-electron chi connectivity index (χ3n) is 7.26. The van der Waals surface area contributed by atoms with Gasteiger partial charge in [0.15, 0.2) is 0 Å². The number of likely N-dealkylation sites (tertiary alicyclic amines) is 1. The molecule has 136 valence electrons. The van der Waals surface area contributed by atoms with Gasteiger partial charge in [-0.25, -0.2) is 0 Å². The van der Waals surface area contributed by atoms with E-state index in [0.717, 1.165) is 23.6 Å². The third-order valence-corrected chi connectivity index (χ3v) is 7.26. The number of rotatable bonds is 4. The molecule has 1 aromatic heterocycles. The molecule has 2 aliphatic carbocycles. The SMILES string of the molecule is C[C@H]1[C@H]2Cc3ccc(Nc4cccnc4)cc3[C@]1(C)CCN2CC1CC1. The molecule has 3 heteroatoms. The van der Waals surface area contributed by atoms with Crippen molar-refractivity contribution < 1.29 is 0 Å². The second-order valence-corrected chi connectivity index (χ2v) is 8.90. The van der Waals surface area contributed by atoms with Gasteiger partial charge in [-0.05, 0) is 84.9 Å². The summed E-state index contributed by atoms with van der Waals surface area (Å²) in [5.74, 6) is 1.70. The topological polar surface area (TPSA) is 28.2 Å². The fourth-order valence-electron chi connectivity index (χ4n) is 5.25. The van der Waals surface area contributed by atoms with Crippen LogP contribution in [-0.4, -0.2) is 29.0 Å². The van der Waals surface area contributed by atoms with Crippen molar-refractivity contribution in [3.05, 3.63) is 53.9 Å². The highest BCUT2D eigenvalue weighted by molar-refractivity contribution is 5.61. The number of nitrogens with one attached hydrogen (secondary N) is 1. The van der Waals surface area contributed by atoms with Gasteiger partial charge in [0.1, 0.15) is 0 Å². The van der Waals surface area contributed by atoms with E-state index in [4.69, 9.17) is 0 Å². The molecule has 1 N–H and O–H groups in total. The van der Waals surface area contributed by atoms with Crippen LogP contribution in [0.4, 0.5) is 11.4 Å². The average Bonchev–Trinajstić information content (AvgIpc) is 3.46. The van der Waals surface area contributed by atoms with E-state index in [9.17, 15) is 0 Å². The zero-order valence-corrected chi connectivity index (χ0v) is 15.9. The van der Waals surface area contributed by atoms with Gasteiger partial charge in [0.05, 0.1) is 11.9 Å². The summed E-state index contributed by atoms with van der Waals surface area (Å²) in [5, 5.41) is 3.53. The van der Waals surface area contributed by atoms with Crippen LogP contribution in [-0.2, 0) is 11.8 Å².